The maximum Gasteiger partial charge on any atom is 0.168 e. The van der Waals surface area contributed by atoms with E-state index in [1.807, 2.05) is 6.20 Å². The number of carbonyl (C=O) groups is 1. The molecule has 2 aromatic rings. The van der Waals surface area contributed by atoms with Crippen LogP contribution in [0, 0.1) is 5.92 Å². The largest absolute Gasteiger partial charge is 0.360 e. The first-order chi connectivity index (χ1) is 9.18. The van der Waals surface area contributed by atoms with Gasteiger partial charge >= 0.3 is 0 Å². The first kappa shape index (κ1) is 12.5. The Bertz CT molecular complexity index is 603. The highest BCUT2D eigenvalue weighted by Gasteiger charge is 2.26. The van der Waals surface area contributed by atoms with Crippen LogP contribution in [0.3, 0.4) is 0 Å². The molecule has 0 aliphatic heterocycles. The normalized spacial score (nSPS) is 16.6. The first-order valence-corrected chi connectivity index (χ1v) is 7.32. The van der Waals surface area contributed by atoms with Crippen molar-refractivity contribution in [3.8, 4) is 0 Å². The van der Waals surface area contributed by atoms with Gasteiger partial charge in [0.05, 0.1) is 0 Å². The Balaban J connectivity index is 2.05. The Hall–Kier alpha value is -1.57. The minimum atomic E-state index is 0.252. The van der Waals surface area contributed by atoms with Gasteiger partial charge in [-0.05, 0) is 24.3 Å². The number of fused-ring (bicyclic) bond motifs is 1. The first-order valence-electron chi connectivity index (χ1n) is 7.32. The molecule has 0 amide bonds. The number of Topliss-reactive ketones (excluding diaryl/α,β-unsaturated/α-hetero) is 1. The van der Waals surface area contributed by atoms with Crippen molar-refractivity contribution >= 4 is 16.7 Å². The van der Waals surface area contributed by atoms with Gasteiger partial charge in [0.25, 0.3) is 0 Å². The lowest BCUT2D eigenvalue weighted by atomic mass is 9.94. The van der Waals surface area contributed by atoms with E-state index in [0.717, 1.165) is 29.3 Å². The molecule has 100 valence electrons. The number of aromatic amines is 1. The zero-order valence-corrected chi connectivity index (χ0v) is 11.7. The van der Waals surface area contributed by atoms with Crippen molar-refractivity contribution in [2.75, 3.05) is 0 Å². The monoisotopic (exact) mass is 255 g/mol. The van der Waals surface area contributed by atoms with E-state index >= 15 is 0 Å². The van der Waals surface area contributed by atoms with Crippen LogP contribution in [0.4, 0.5) is 0 Å². The van der Waals surface area contributed by atoms with Gasteiger partial charge in [-0.25, -0.2) is 0 Å². The summed E-state index contributed by atoms with van der Waals surface area (Å²) in [5, 5.41) is 1.10. The maximum atomic E-state index is 12.6. The quantitative estimate of drug-likeness (QED) is 0.795. The Morgan fingerprint density at radius 1 is 1.26 bits per heavy atom. The lowest BCUT2D eigenvalue weighted by Gasteiger charge is -2.08. The van der Waals surface area contributed by atoms with Gasteiger partial charge in [0, 0.05) is 28.6 Å². The number of H-pyrrole nitrogens is 1. The molecule has 19 heavy (non-hydrogen) atoms. The molecule has 0 saturated heterocycles. The van der Waals surface area contributed by atoms with E-state index in [1.165, 1.54) is 18.4 Å². The molecule has 1 N–H and O–H groups in total. The summed E-state index contributed by atoms with van der Waals surface area (Å²) in [6.07, 6.45) is 6.45. The maximum absolute atomic E-state index is 12.6. The number of nitrogens with one attached hydrogen (secondary N) is 1. The molecule has 2 nitrogen and oxygen atoms in total. The van der Waals surface area contributed by atoms with Crippen molar-refractivity contribution in [1.82, 2.24) is 4.98 Å². The highest BCUT2D eigenvalue weighted by atomic mass is 16.1. The van der Waals surface area contributed by atoms with Gasteiger partial charge in [-0.15, -0.1) is 0 Å². The summed E-state index contributed by atoms with van der Waals surface area (Å²) in [5.41, 5.74) is 3.33. The molecule has 1 aliphatic carbocycles. The molecule has 1 saturated carbocycles. The van der Waals surface area contributed by atoms with E-state index in [0.29, 0.717) is 11.7 Å². The summed E-state index contributed by atoms with van der Waals surface area (Å²) in [4.78, 5) is 15.9. The van der Waals surface area contributed by atoms with E-state index in [-0.39, 0.29) is 5.92 Å². The van der Waals surface area contributed by atoms with Gasteiger partial charge in [0.2, 0.25) is 0 Å². The van der Waals surface area contributed by atoms with Crippen molar-refractivity contribution in [3.05, 3.63) is 35.5 Å². The minimum Gasteiger partial charge on any atom is -0.360 e. The molecule has 1 aliphatic rings. The van der Waals surface area contributed by atoms with Gasteiger partial charge in [0.15, 0.2) is 5.78 Å². The van der Waals surface area contributed by atoms with Crippen molar-refractivity contribution < 1.29 is 4.79 Å². The third kappa shape index (κ3) is 2.09. The molecule has 1 aromatic carbocycles. The zero-order chi connectivity index (χ0) is 13.4. The van der Waals surface area contributed by atoms with Crippen LogP contribution in [-0.4, -0.2) is 10.8 Å². The Kier molecular flexibility index (Phi) is 3.17. The topological polar surface area (TPSA) is 32.9 Å². The number of carbonyl (C=O) groups excluding carboxylic acids is 1. The number of benzene rings is 1. The molecular weight excluding hydrogens is 234 g/mol. The lowest BCUT2D eigenvalue weighted by molar-refractivity contribution is 0.0924. The van der Waals surface area contributed by atoms with Crippen LogP contribution < -0.4 is 0 Å². The Morgan fingerprint density at radius 3 is 2.68 bits per heavy atom. The Labute approximate surface area is 114 Å². The molecule has 0 radical (unpaired) electrons. The predicted octanol–water partition coefficient (Wildman–Crippen LogP) is 4.66. The predicted molar refractivity (Wildman–Crippen MR) is 78.7 cm³/mol. The number of hydrogen-bond acceptors (Lipinski definition) is 1. The SMILES string of the molecule is CC(C)c1cccc2c(C(=O)C3CCCC3)c[nH]c12. The minimum absolute atomic E-state index is 0.252. The summed E-state index contributed by atoms with van der Waals surface area (Å²) >= 11 is 0. The van der Waals surface area contributed by atoms with E-state index in [2.05, 4.69) is 37.0 Å². The van der Waals surface area contributed by atoms with E-state index in [1.54, 1.807) is 0 Å². The fraction of sp³-hybridized carbons (Fsp3) is 0.471. The summed E-state index contributed by atoms with van der Waals surface area (Å²) in [7, 11) is 0. The molecule has 0 spiro atoms. The van der Waals surface area contributed by atoms with Crippen LogP contribution in [-0.2, 0) is 0 Å². The van der Waals surface area contributed by atoms with Crippen LogP contribution in [0.2, 0.25) is 0 Å². The van der Waals surface area contributed by atoms with E-state index < -0.39 is 0 Å². The van der Waals surface area contributed by atoms with Gasteiger partial charge in [0.1, 0.15) is 0 Å². The van der Waals surface area contributed by atoms with Crippen LogP contribution >= 0.6 is 0 Å². The molecule has 0 atom stereocenters. The smallest absolute Gasteiger partial charge is 0.168 e. The van der Waals surface area contributed by atoms with Crippen LogP contribution in [0.15, 0.2) is 24.4 Å². The number of hydrogen-bond donors (Lipinski definition) is 1. The van der Waals surface area contributed by atoms with E-state index in [9.17, 15) is 4.79 Å². The molecule has 1 heterocycles. The lowest BCUT2D eigenvalue weighted by Crippen LogP contribution is -2.10. The van der Waals surface area contributed by atoms with Crippen LogP contribution in [0.25, 0.3) is 10.9 Å². The number of aromatic nitrogens is 1. The third-order valence-corrected chi connectivity index (χ3v) is 4.36. The second-order valence-electron chi connectivity index (χ2n) is 5.97. The highest BCUT2D eigenvalue weighted by Crippen LogP contribution is 2.32. The van der Waals surface area contributed by atoms with Gasteiger partial charge in [-0.3, -0.25) is 4.79 Å². The van der Waals surface area contributed by atoms with Crippen molar-refractivity contribution in [2.45, 2.75) is 45.4 Å². The molecule has 0 unspecified atom stereocenters. The second-order valence-corrected chi connectivity index (χ2v) is 5.97. The van der Waals surface area contributed by atoms with Crippen LogP contribution in [0.1, 0.15) is 61.4 Å². The highest BCUT2D eigenvalue weighted by molar-refractivity contribution is 6.09. The molecule has 3 rings (SSSR count). The average molecular weight is 255 g/mol. The fourth-order valence-electron chi connectivity index (χ4n) is 3.27. The molecule has 0 bridgehead atoms. The number of para-hydroxylation sites is 1. The fourth-order valence-corrected chi connectivity index (χ4v) is 3.27. The summed E-state index contributed by atoms with van der Waals surface area (Å²) in [5.74, 6) is 1.06. The molecule has 2 heteroatoms. The zero-order valence-electron chi connectivity index (χ0n) is 11.7. The summed E-state index contributed by atoms with van der Waals surface area (Å²) in [6, 6.07) is 6.28. The Morgan fingerprint density at radius 2 is 2.00 bits per heavy atom. The average Bonchev–Trinajstić information content (AvgIpc) is 3.06. The van der Waals surface area contributed by atoms with Crippen molar-refractivity contribution in [2.24, 2.45) is 5.92 Å². The molecule has 1 aromatic heterocycles. The number of rotatable bonds is 3. The third-order valence-electron chi connectivity index (χ3n) is 4.36. The van der Waals surface area contributed by atoms with Crippen LogP contribution in [0.5, 0.6) is 0 Å². The standard InChI is InChI=1S/C17H21NO/c1-11(2)13-8-5-9-14-15(10-18-16(13)14)17(19)12-6-3-4-7-12/h5,8-12,18H,3-4,6-7H2,1-2H3. The van der Waals surface area contributed by atoms with Gasteiger partial charge in [-0.2, -0.15) is 0 Å². The van der Waals surface area contributed by atoms with Gasteiger partial charge in [-0.1, -0.05) is 44.9 Å². The van der Waals surface area contributed by atoms with E-state index in [4.69, 9.17) is 0 Å². The van der Waals surface area contributed by atoms with Crippen molar-refractivity contribution in [3.63, 3.8) is 0 Å². The molecular formula is C17H21NO. The van der Waals surface area contributed by atoms with Crippen molar-refractivity contribution in [1.29, 1.82) is 0 Å². The second kappa shape index (κ2) is 4.84. The summed E-state index contributed by atoms with van der Waals surface area (Å²) < 4.78 is 0. The van der Waals surface area contributed by atoms with Gasteiger partial charge < -0.3 is 4.98 Å². The summed E-state index contributed by atoms with van der Waals surface area (Å²) in [6.45, 7) is 4.38. The molecule has 1 fully saturated rings. The number of ketones is 1.